The monoisotopic (exact) mass is 267 g/mol. The predicted molar refractivity (Wildman–Crippen MR) is 60.2 cm³/mol. The molecule has 1 aromatic heterocycles. The van der Waals surface area contributed by atoms with Crippen LogP contribution in [0.15, 0.2) is 22.0 Å². The van der Waals surface area contributed by atoms with Crippen molar-refractivity contribution in [2.75, 3.05) is 0 Å². The number of aliphatic hydroxyl groups excluding tert-OH is 1. The maximum atomic E-state index is 9.02. The number of thiophene rings is 1. The Morgan fingerprint density at radius 3 is 2.93 bits per heavy atom. The van der Waals surface area contributed by atoms with Gasteiger partial charge < -0.3 is 5.11 Å². The van der Waals surface area contributed by atoms with E-state index in [0.29, 0.717) is 5.56 Å². The maximum Gasteiger partial charge on any atom is 0.101 e. The van der Waals surface area contributed by atoms with Crippen LogP contribution in [-0.4, -0.2) is 5.11 Å². The summed E-state index contributed by atoms with van der Waals surface area (Å²) in [5.41, 5.74) is 1.40. The van der Waals surface area contributed by atoms with Gasteiger partial charge in [0.05, 0.1) is 16.9 Å². The highest BCUT2D eigenvalue weighted by Gasteiger charge is 2.08. The Kier molecular flexibility index (Phi) is 2.55. The van der Waals surface area contributed by atoms with Gasteiger partial charge in [-0.2, -0.15) is 5.26 Å². The molecule has 2 nitrogen and oxygen atoms in total. The highest BCUT2D eigenvalue weighted by Crippen LogP contribution is 2.33. The summed E-state index contributed by atoms with van der Waals surface area (Å²) in [7, 11) is 0. The summed E-state index contributed by atoms with van der Waals surface area (Å²) in [5.74, 6) is 0. The van der Waals surface area contributed by atoms with Crippen molar-refractivity contribution in [3.63, 3.8) is 0 Å². The topological polar surface area (TPSA) is 44.0 Å². The molecule has 0 unspecified atom stereocenters. The van der Waals surface area contributed by atoms with E-state index in [-0.39, 0.29) is 6.61 Å². The van der Waals surface area contributed by atoms with Crippen LogP contribution in [0.5, 0.6) is 0 Å². The zero-order chi connectivity index (χ0) is 10.1. The van der Waals surface area contributed by atoms with E-state index in [1.54, 1.807) is 6.07 Å². The van der Waals surface area contributed by atoms with E-state index in [0.717, 1.165) is 20.1 Å². The first-order valence-electron chi connectivity index (χ1n) is 3.97. The number of hydrogen-bond acceptors (Lipinski definition) is 3. The molecule has 14 heavy (non-hydrogen) atoms. The smallest absolute Gasteiger partial charge is 0.101 e. The van der Waals surface area contributed by atoms with Gasteiger partial charge in [-0.1, -0.05) is 0 Å². The molecule has 0 amide bonds. The van der Waals surface area contributed by atoms with E-state index in [9.17, 15) is 0 Å². The van der Waals surface area contributed by atoms with E-state index in [1.807, 2.05) is 11.4 Å². The zero-order valence-electron chi connectivity index (χ0n) is 7.12. The van der Waals surface area contributed by atoms with Crippen LogP contribution in [0.4, 0.5) is 0 Å². The number of nitrogens with zero attached hydrogens (tertiary/aromatic N) is 1. The van der Waals surface area contributed by atoms with Crippen molar-refractivity contribution in [1.29, 1.82) is 5.26 Å². The Morgan fingerprint density at radius 2 is 2.29 bits per heavy atom. The van der Waals surface area contributed by atoms with Gasteiger partial charge in [0.15, 0.2) is 0 Å². The first-order chi connectivity index (χ1) is 6.76. The molecular weight excluding hydrogens is 262 g/mol. The third kappa shape index (κ3) is 1.44. The molecule has 0 saturated heterocycles. The van der Waals surface area contributed by atoms with Gasteiger partial charge in [-0.25, -0.2) is 0 Å². The second-order valence-corrected chi connectivity index (χ2v) is 4.61. The van der Waals surface area contributed by atoms with Crippen LogP contribution in [-0.2, 0) is 6.61 Å². The third-order valence-electron chi connectivity index (χ3n) is 1.99. The molecule has 2 aromatic rings. The Balaban J connectivity index is 2.84. The normalized spacial score (nSPS) is 10.4. The molecule has 1 aromatic carbocycles. The molecule has 0 saturated carbocycles. The Labute approximate surface area is 93.5 Å². The molecule has 0 aliphatic rings. The van der Waals surface area contributed by atoms with Crippen molar-refractivity contribution in [1.82, 2.24) is 0 Å². The van der Waals surface area contributed by atoms with Gasteiger partial charge in [0.25, 0.3) is 0 Å². The molecule has 2 rings (SSSR count). The summed E-state index contributed by atoms with van der Waals surface area (Å²) in [4.78, 5) is 0. The van der Waals surface area contributed by atoms with E-state index >= 15 is 0 Å². The largest absolute Gasteiger partial charge is 0.392 e. The zero-order valence-corrected chi connectivity index (χ0v) is 9.52. The fourth-order valence-electron chi connectivity index (χ4n) is 1.34. The van der Waals surface area contributed by atoms with Crippen molar-refractivity contribution >= 4 is 37.4 Å². The molecule has 0 spiro atoms. The minimum atomic E-state index is -0.0348. The lowest BCUT2D eigenvalue weighted by molar-refractivity contribution is 0.282. The van der Waals surface area contributed by atoms with Crippen LogP contribution in [0.25, 0.3) is 10.1 Å². The van der Waals surface area contributed by atoms with Crippen molar-refractivity contribution in [3.05, 3.63) is 33.1 Å². The van der Waals surface area contributed by atoms with E-state index < -0.39 is 0 Å². The van der Waals surface area contributed by atoms with Crippen LogP contribution >= 0.6 is 27.3 Å². The molecule has 0 aliphatic heterocycles. The maximum absolute atomic E-state index is 9.02. The lowest BCUT2D eigenvalue weighted by Crippen LogP contribution is -1.85. The van der Waals surface area contributed by atoms with Crippen molar-refractivity contribution in [2.24, 2.45) is 0 Å². The van der Waals surface area contributed by atoms with Crippen LogP contribution in [0.1, 0.15) is 11.1 Å². The Morgan fingerprint density at radius 1 is 1.50 bits per heavy atom. The molecule has 0 aliphatic carbocycles. The number of rotatable bonds is 1. The second-order valence-electron chi connectivity index (χ2n) is 2.87. The third-order valence-corrected chi connectivity index (χ3v) is 3.98. The van der Waals surface area contributed by atoms with Crippen molar-refractivity contribution < 1.29 is 5.11 Å². The van der Waals surface area contributed by atoms with Gasteiger partial charge in [-0.3, -0.25) is 0 Å². The molecule has 1 heterocycles. The summed E-state index contributed by atoms with van der Waals surface area (Å²) in [5, 5.41) is 20.9. The standard InChI is InChI=1S/C10H6BrNOS/c11-9-5-14-10-7(3-12)1-6(4-13)2-8(9)10/h1-2,5,13H,4H2. The quantitative estimate of drug-likeness (QED) is 0.863. The number of fused-ring (bicyclic) bond motifs is 1. The summed E-state index contributed by atoms with van der Waals surface area (Å²) >= 11 is 4.95. The van der Waals surface area contributed by atoms with Crippen LogP contribution < -0.4 is 0 Å². The minimum Gasteiger partial charge on any atom is -0.392 e. The van der Waals surface area contributed by atoms with Crippen molar-refractivity contribution in [2.45, 2.75) is 6.61 Å². The summed E-state index contributed by atoms with van der Waals surface area (Å²) in [6.07, 6.45) is 0. The lowest BCUT2D eigenvalue weighted by atomic mass is 10.1. The highest BCUT2D eigenvalue weighted by atomic mass is 79.9. The van der Waals surface area contributed by atoms with Crippen LogP contribution in [0, 0.1) is 11.3 Å². The second kappa shape index (κ2) is 3.70. The number of aliphatic hydroxyl groups is 1. The predicted octanol–water partition coefficient (Wildman–Crippen LogP) is 3.03. The van der Waals surface area contributed by atoms with Gasteiger partial charge in [0.2, 0.25) is 0 Å². The number of halogens is 1. The first kappa shape index (κ1) is 9.66. The number of hydrogen-bond donors (Lipinski definition) is 1. The molecule has 4 heteroatoms. The van der Waals surface area contributed by atoms with E-state index in [4.69, 9.17) is 10.4 Å². The Bertz CT molecular complexity index is 527. The average Bonchev–Trinajstić information content (AvgIpc) is 2.59. The molecule has 0 fully saturated rings. The van der Waals surface area contributed by atoms with Crippen molar-refractivity contribution in [3.8, 4) is 6.07 Å². The van der Waals surface area contributed by atoms with Crippen LogP contribution in [0.3, 0.4) is 0 Å². The SMILES string of the molecule is N#Cc1cc(CO)cc2c(Br)csc12. The van der Waals surface area contributed by atoms with E-state index in [2.05, 4.69) is 22.0 Å². The number of benzene rings is 1. The summed E-state index contributed by atoms with van der Waals surface area (Å²) in [6, 6.07) is 5.76. The Hall–Kier alpha value is -0.890. The minimum absolute atomic E-state index is 0.0348. The fraction of sp³-hybridized carbons (Fsp3) is 0.100. The molecular formula is C10H6BrNOS. The highest BCUT2D eigenvalue weighted by molar-refractivity contribution is 9.10. The molecule has 0 bridgehead atoms. The molecule has 0 radical (unpaired) electrons. The first-order valence-corrected chi connectivity index (χ1v) is 5.64. The van der Waals surface area contributed by atoms with Crippen LogP contribution in [0.2, 0.25) is 0 Å². The lowest BCUT2D eigenvalue weighted by Gasteiger charge is -1.99. The average molecular weight is 268 g/mol. The van der Waals surface area contributed by atoms with Gasteiger partial charge in [-0.15, -0.1) is 11.3 Å². The van der Waals surface area contributed by atoms with Gasteiger partial charge in [0.1, 0.15) is 6.07 Å². The summed E-state index contributed by atoms with van der Waals surface area (Å²) in [6.45, 7) is -0.0348. The van der Waals surface area contributed by atoms with E-state index in [1.165, 1.54) is 11.3 Å². The van der Waals surface area contributed by atoms with Gasteiger partial charge >= 0.3 is 0 Å². The molecule has 0 atom stereocenters. The van der Waals surface area contributed by atoms with Gasteiger partial charge in [0, 0.05) is 15.2 Å². The fourth-order valence-corrected chi connectivity index (χ4v) is 2.94. The molecule has 1 N–H and O–H groups in total. The molecule has 70 valence electrons. The number of nitriles is 1. The summed E-state index contributed by atoms with van der Waals surface area (Å²) < 4.78 is 1.95. The van der Waals surface area contributed by atoms with Gasteiger partial charge in [-0.05, 0) is 33.6 Å².